The number of aromatic nitrogens is 2. The minimum Gasteiger partial charge on any atom is -0.337 e. The molecule has 1 saturated heterocycles. The second kappa shape index (κ2) is 4.35. The van der Waals surface area contributed by atoms with Gasteiger partial charge in [-0.15, -0.1) is 0 Å². The van der Waals surface area contributed by atoms with Crippen LogP contribution in [0.1, 0.15) is 23.2 Å². The molecule has 1 aromatic rings. The smallest absolute Gasteiger partial charge is 0.255 e. The number of likely N-dealkylation sites (tertiary alicyclic amines) is 1. The molecule has 5 heteroatoms. The van der Waals surface area contributed by atoms with Crippen LogP contribution in [0.4, 0.5) is 0 Å². The van der Waals surface area contributed by atoms with Crippen molar-refractivity contribution in [3.05, 3.63) is 24.0 Å². The lowest BCUT2D eigenvalue weighted by atomic mass is 10.1. The SMILES string of the molecule is N[C@@H]1CCCN(C(=O)c2ccnnc2)C1. The second-order valence-electron chi connectivity index (χ2n) is 3.78. The molecule has 2 rings (SSSR count). The molecule has 0 aromatic carbocycles. The van der Waals surface area contributed by atoms with Crippen LogP contribution < -0.4 is 5.73 Å². The zero-order valence-corrected chi connectivity index (χ0v) is 8.47. The van der Waals surface area contributed by atoms with E-state index in [1.54, 1.807) is 11.0 Å². The van der Waals surface area contributed by atoms with Crippen molar-refractivity contribution >= 4 is 5.91 Å². The van der Waals surface area contributed by atoms with Crippen molar-refractivity contribution in [2.45, 2.75) is 18.9 Å². The summed E-state index contributed by atoms with van der Waals surface area (Å²) in [5.41, 5.74) is 6.40. The van der Waals surface area contributed by atoms with Crippen LogP contribution in [0.3, 0.4) is 0 Å². The number of carbonyl (C=O) groups is 1. The first-order valence-corrected chi connectivity index (χ1v) is 5.09. The van der Waals surface area contributed by atoms with E-state index in [1.165, 1.54) is 12.4 Å². The van der Waals surface area contributed by atoms with E-state index in [9.17, 15) is 4.79 Å². The second-order valence-corrected chi connectivity index (χ2v) is 3.78. The summed E-state index contributed by atoms with van der Waals surface area (Å²) in [6, 6.07) is 1.78. The van der Waals surface area contributed by atoms with E-state index in [1.807, 2.05) is 0 Å². The van der Waals surface area contributed by atoms with E-state index >= 15 is 0 Å². The number of piperidine rings is 1. The molecule has 0 radical (unpaired) electrons. The fraction of sp³-hybridized carbons (Fsp3) is 0.500. The molecule has 1 amide bonds. The van der Waals surface area contributed by atoms with Gasteiger partial charge in [0.05, 0.1) is 18.0 Å². The molecule has 2 heterocycles. The molecule has 5 nitrogen and oxygen atoms in total. The molecule has 0 saturated carbocycles. The molecule has 1 atom stereocenters. The van der Waals surface area contributed by atoms with Crippen molar-refractivity contribution in [3.8, 4) is 0 Å². The third-order valence-electron chi connectivity index (χ3n) is 2.58. The molecule has 0 unspecified atom stereocenters. The molecular formula is C10H14N4O. The van der Waals surface area contributed by atoms with Crippen LogP contribution in [0.15, 0.2) is 18.5 Å². The van der Waals surface area contributed by atoms with Crippen molar-refractivity contribution < 1.29 is 4.79 Å². The molecule has 0 aliphatic carbocycles. The largest absolute Gasteiger partial charge is 0.337 e. The molecular weight excluding hydrogens is 192 g/mol. The molecule has 1 aliphatic rings. The van der Waals surface area contributed by atoms with E-state index in [0.29, 0.717) is 12.1 Å². The highest BCUT2D eigenvalue weighted by Crippen LogP contribution is 2.11. The maximum Gasteiger partial charge on any atom is 0.255 e. The lowest BCUT2D eigenvalue weighted by Gasteiger charge is -2.30. The van der Waals surface area contributed by atoms with Crippen LogP contribution in [0.2, 0.25) is 0 Å². The average Bonchev–Trinajstić information content (AvgIpc) is 2.29. The molecule has 0 bridgehead atoms. The van der Waals surface area contributed by atoms with Gasteiger partial charge in [-0.05, 0) is 18.9 Å². The number of carbonyl (C=O) groups excluding carboxylic acids is 1. The van der Waals surface area contributed by atoms with E-state index in [0.717, 1.165) is 19.4 Å². The van der Waals surface area contributed by atoms with Crippen LogP contribution in [-0.2, 0) is 0 Å². The Labute approximate surface area is 88.3 Å². The van der Waals surface area contributed by atoms with Gasteiger partial charge in [-0.25, -0.2) is 0 Å². The molecule has 1 aliphatic heterocycles. The Balaban J connectivity index is 2.08. The van der Waals surface area contributed by atoms with Gasteiger partial charge < -0.3 is 10.6 Å². The first kappa shape index (κ1) is 10.0. The van der Waals surface area contributed by atoms with Crippen LogP contribution in [-0.4, -0.2) is 40.1 Å². The summed E-state index contributed by atoms with van der Waals surface area (Å²) in [6.07, 6.45) is 4.99. The number of nitrogens with zero attached hydrogens (tertiary/aromatic N) is 3. The molecule has 15 heavy (non-hydrogen) atoms. The number of amides is 1. The number of rotatable bonds is 1. The van der Waals surface area contributed by atoms with Gasteiger partial charge in [0.15, 0.2) is 0 Å². The Bertz CT molecular complexity index is 341. The minimum atomic E-state index is 0.0000463. The van der Waals surface area contributed by atoms with Gasteiger partial charge in [0.1, 0.15) is 0 Å². The van der Waals surface area contributed by atoms with Gasteiger partial charge in [0.2, 0.25) is 0 Å². The lowest BCUT2D eigenvalue weighted by Crippen LogP contribution is -2.45. The van der Waals surface area contributed by atoms with E-state index < -0.39 is 0 Å². The molecule has 2 N–H and O–H groups in total. The maximum absolute atomic E-state index is 11.9. The Morgan fingerprint density at radius 3 is 3.07 bits per heavy atom. The standard InChI is InChI=1S/C10H14N4O/c11-9-2-1-5-14(7-9)10(15)8-3-4-12-13-6-8/h3-4,6,9H,1-2,5,7,11H2/t9-/m1/s1. The summed E-state index contributed by atoms with van der Waals surface area (Å²) in [4.78, 5) is 13.7. The summed E-state index contributed by atoms with van der Waals surface area (Å²) in [7, 11) is 0. The van der Waals surface area contributed by atoms with Crippen molar-refractivity contribution in [1.82, 2.24) is 15.1 Å². The van der Waals surface area contributed by atoms with Gasteiger partial charge in [-0.2, -0.15) is 10.2 Å². The first-order valence-electron chi connectivity index (χ1n) is 5.09. The van der Waals surface area contributed by atoms with Gasteiger partial charge in [0.25, 0.3) is 5.91 Å². The maximum atomic E-state index is 11.9. The van der Waals surface area contributed by atoms with Gasteiger partial charge in [0, 0.05) is 19.1 Å². The van der Waals surface area contributed by atoms with Crippen molar-refractivity contribution in [2.24, 2.45) is 5.73 Å². The van der Waals surface area contributed by atoms with Crippen molar-refractivity contribution in [3.63, 3.8) is 0 Å². The quantitative estimate of drug-likeness (QED) is 0.704. The average molecular weight is 206 g/mol. The number of hydrogen-bond acceptors (Lipinski definition) is 4. The molecule has 80 valence electrons. The Morgan fingerprint density at radius 1 is 1.53 bits per heavy atom. The minimum absolute atomic E-state index is 0.0000463. The third kappa shape index (κ3) is 2.30. The van der Waals surface area contributed by atoms with Gasteiger partial charge in [-0.3, -0.25) is 4.79 Å². The molecule has 0 spiro atoms. The lowest BCUT2D eigenvalue weighted by molar-refractivity contribution is 0.0708. The molecule has 1 aromatic heterocycles. The van der Waals surface area contributed by atoms with Gasteiger partial charge >= 0.3 is 0 Å². The summed E-state index contributed by atoms with van der Waals surface area (Å²) < 4.78 is 0. The fourth-order valence-electron chi connectivity index (χ4n) is 1.79. The monoisotopic (exact) mass is 206 g/mol. The summed E-state index contributed by atoms with van der Waals surface area (Å²) >= 11 is 0. The van der Waals surface area contributed by atoms with Crippen molar-refractivity contribution in [1.29, 1.82) is 0 Å². The van der Waals surface area contributed by atoms with Crippen LogP contribution >= 0.6 is 0 Å². The summed E-state index contributed by atoms with van der Waals surface area (Å²) in [5.74, 6) is 0.0000463. The Hall–Kier alpha value is -1.49. The van der Waals surface area contributed by atoms with Gasteiger partial charge in [-0.1, -0.05) is 0 Å². The highest BCUT2D eigenvalue weighted by atomic mass is 16.2. The topological polar surface area (TPSA) is 72.1 Å². The van der Waals surface area contributed by atoms with E-state index in [2.05, 4.69) is 10.2 Å². The summed E-state index contributed by atoms with van der Waals surface area (Å²) in [5, 5.41) is 7.33. The Morgan fingerprint density at radius 2 is 2.40 bits per heavy atom. The predicted octanol–water partition coefficient (Wildman–Crippen LogP) is 0.0399. The van der Waals surface area contributed by atoms with Crippen LogP contribution in [0.5, 0.6) is 0 Å². The Kier molecular flexibility index (Phi) is 2.91. The highest BCUT2D eigenvalue weighted by Gasteiger charge is 2.22. The van der Waals surface area contributed by atoms with Crippen LogP contribution in [0, 0.1) is 0 Å². The normalized spacial score (nSPS) is 21.4. The highest BCUT2D eigenvalue weighted by molar-refractivity contribution is 5.93. The van der Waals surface area contributed by atoms with E-state index in [4.69, 9.17) is 5.73 Å². The first-order chi connectivity index (χ1) is 7.27. The fourth-order valence-corrected chi connectivity index (χ4v) is 1.79. The predicted molar refractivity (Wildman–Crippen MR) is 55.1 cm³/mol. The van der Waals surface area contributed by atoms with Crippen LogP contribution in [0.25, 0.3) is 0 Å². The number of nitrogens with two attached hydrogens (primary N) is 1. The summed E-state index contributed by atoms with van der Waals surface area (Å²) in [6.45, 7) is 1.43. The molecule has 1 fully saturated rings. The number of hydrogen-bond donors (Lipinski definition) is 1. The van der Waals surface area contributed by atoms with E-state index in [-0.39, 0.29) is 11.9 Å². The zero-order chi connectivity index (χ0) is 10.7. The third-order valence-corrected chi connectivity index (χ3v) is 2.58. The van der Waals surface area contributed by atoms with Crippen molar-refractivity contribution in [2.75, 3.05) is 13.1 Å². The zero-order valence-electron chi connectivity index (χ0n) is 8.47.